The van der Waals surface area contributed by atoms with Gasteiger partial charge in [0.2, 0.25) is 0 Å². The SMILES string of the molecule is CCOC(=O)c1cccc(N2C(=O)C(Cl)=C(Nc3ccc(S(=O)(=O)Nc4cccc[nH+]4)cc3)C2=O)c1. The molecular weight excluding hydrogens is 508 g/mol. The molecular formula is C24H20ClN4O6S+. The van der Waals surface area contributed by atoms with Gasteiger partial charge in [-0.15, -0.1) is 0 Å². The maximum atomic E-state index is 13.0. The Bertz CT molecular complexity index is 1470. The molecule has 12 heteroatoms. The maximum Gasteiger partial charge on any atom is 0.338 e. The first-order valence-corrected chi connectivity index (χ1v) is 12.5. The molecule has 4 rings (SSSR count). The van der Waals surface area contributed by atoms with Crippen LogP contribution in [-0.4, -0.2) is 32.8 Å². The van der Waals surface area contributed by atoms with E-state index in [4.69, 9.17) is 16.3 Å². The Balaban J connectivity index is 1.52. The van der Waals surface area contributed by atoms with Crippen molar-refractivity contribution in [2.45, 2.75) is 11.8 Å². The minimum atomic E-state index is -3.86. The van der Waals surface area contributed by atoms with Crippen molar-refractivity contribution in [1.82, 2.24) is 0 Å². The van der Waals surface area contributed by atoms with Gasteiger partial charge in [-0.05, 0) is 55.5 Å². The van der Waals surface area contributed by atoms with Gasteiger partial charge in [-0.2, -0.15) is 13.1 Å². The molecule has 0 unspecified atom stereocenters. The molecule has 0 bridgehead atoms. The summed E-state index contributed by atoms with van der Waals surface area (Å²) in [6, 6.07) is 16.4. The van der Waals surface area contributed by atoms with Crippen molar-refractivity contribution >= 4 is 56.6 Å². The van der Waals surface area contributed by atoms with E-state index in [9.17, 15) is 22.8 Å². The lowest BCUT2D eigenvalue weighted by atomic mass is 10.2. The van der Waals surface area contributed by atoms with Crippen molar-refractivity contribution in [2.24, 2.45) is 0 Å². The summed E-state index contributed by atoms with van der Waals surface area (Å²) in [5.74, 6) is -1.80. The Kier molecular flexibility index (Phi) is 7.04. The number of ether oxygens (including phenoxy) is 1. The Morgan fingerprint density at radius 3 is 2.44 bits per heavy atom. The van der Waals surface area contributed by atoms with Crippen LogP contribution < -0.4 is 19.9 Å². The summed E-state index contributed by atoms with van der Waals surface area (Å²) >= 11 is 6.17. The molecule has 3 N–H and O–H groups in total. The van der Waals surface area contributed by atoms with E-state index < -0.39 is 27.8 Å². The minimum Gasteiger partial charge on any atom is -0.462 e. The second kappa shape index (κ2) is 10.2. The first-order valence-electron chi connectivity index (χ1n) is 10.6. The zero-order valence-electron chi connectivity index (χ0n) is 18.8. The van der Waals surface area contributed by atoms with Gasteiger partial charge < -0.3 is 10.1 Å². The Labute approximate surface area is 211 Å². The van der Waals surface area contributed by atoms with Crippen LogP contribution in [0.25, 0.3) is 0 Å². The van der Waals surface area contributed by atoms with E-state index in [0.29, 0.717) is 11.5 Å². The fraction of sp³-hybridized carbons (Fsp3) is 0.0833. The van der Waals surface area contributed by atoms with Gasteiger partial charge in [0.15, 0.2) is 0 Å². The molecule has 0 atom stereocenters. The van der Waals surface area contributed by atoms with E-state index in [1.54, 1.807) is 31.3 Å². The number of pyridine rings is 1. The Hall–Kier alpha value is -4.22. The summed E-state index contributed by atoms with van der Waals surface area (Å²) in [5.41, 5.74) is 0.467. The average Bonchev–Trinajstić information content (AvgIpc) is 3.08. The topological polar surface area (TPSA) is 136 Å². The number of halogens is 1. The first kappa shape index (κ1) is 24.9. The van der Waals surface area contributed by atoms with Crippen molar-refractivity contribution in [2.75, 3.05) is 21.5 Å². The predicted octanol–water partition coefficient (Wildman–Crippen LogP) is 2.91. The standard InChI is InChI=1S/C24H19ClN4O6S/c1-2-35-24(32)15-6-5-7-17(14-15)29-22(30)20(25)21(23(29)31)27-16-9-11-18(12-10-16)36(33,34)28-19-8-3-4-13-26-19/h3-14,27H,2H2,1H3,(H,26,28)/p+1. The smallest absolute Gasteiger partial charge is 0.338 e. The molecule has 0 spiro atoms. The van der Waals surface area contributed by atoms with Crippen molar-refractivity contribution in [3.8, 4) is 0 Å². The summed E-state index contributed by atoms with van der Waals surface area (Å²) in [6.45, 7) is 1.84. The van der Waals surface area contributed by atoms with Crippen LogP contribution in [-0.2, 0) is 24.3 Å². The summed E-state index contributed by atoms with van der Waals surface area (Å²) in [5, 5.41) is 2.43. The first-order chi connectivity index (χ1) is 17.2. The number of H-pyrrole nitrogens is 1. The van der Waals surface area contributed by atoms with E-state index >= 15 is 0 Å². The number of carbonyl (C=O) groups excluding carboxylic acids is 3. The fourth-order valence-corrected chi connectivity index (χ4v) is 4.60. The third kappa shape index (κ3) is 5.07. The van der Waals surface area contributed by atoms with Crippen LogP contribution in [0, 0.1) is 0 Å². The molecule has 10 nitrogen and oxygen atoms in total. The van der Waals surface area contributed by atoms with Crippen LogP contribution in [0.5, 0.6) is 0 Å². The highest BCUT2D eigenvalue weighted by Gasteiger charge is 2.39. The Morgan fingerprint density at radius 1 is 1.03 bits per heavy atom. The molecule has 0 radical (unpaired) electrons. The lowest BCUT2D eigenvalue weighted by Crippen LogP contribution is -2.32. The molecule has 0 saturated carbocycles. The summed E-state index contributed by atoms with van der Waals surface area (Å²) in [7, 11) is -3.86. The van der Waals surface area contributed by atoms with Crippen LogP contribution in [0.15, 0.2) is 88.6 Å². The number of nitrogens with one attached hydrogen (secondary N) is 3. The molecule has 1 aliphatic rings. The number of aromatic nitrogens is 1. The summed E-state index contributed by atoms with van der Waals surface area (Å²) in [4.78, 5) is 41.4. The van der Waals surface area contributed by atoms with Gasteiger partial charge in [0.25, 0.3) is 17.6 Å². The lowest BCUT2D eigenvalue weighted by molar-refractivity contribution is -0.360. The quantitative estimate of drug-likeness (QED) is 0.339. The molecule has 2 aromatic carbocycles. The van der Waals surface area contributed by atoms with Gasteiger partial charge in [0, 0.05) is 11.8 Å². The number of esters is 1. The molecule has 2 amide bonds. The number of aromatic amines is 1. The number of amides is 2. The number of rotatable bonds is 8. The summed E-state index contributed by atoms with van der Waals surface area (Å²) in [6.07, 6.45) is 1.58. The minimum absolute atomic E-state index is 0.0170. The number of carbonyl (C=O) groups is 3. The van der Waals surface area contributed by atoms with E-state index in [2.05, 4.69) is 15.0 Å². The summed E-state index contributed by atoms with van der Waals surface area (Å²) < 4.78 is 32.6. The highest BCUT2D eigenvalue weighted by atomic mass is 35.5. The van der Waals surface area contributed by atoms with Crippen LogP contribution >= 0.6 is 11.6 Å². The molecule has 1 aliphatic heterocycles. The number of anilines is 3. The third-order valence-electron chi connectivity index (χ3n) is 5.03. The van der Waals surface area contributed by atoms with Crippen molar-refractivity contribution in [3.63, 3.8) is 0 Å². The van der Waals surface area contributed by atoms with Crippen LogP contribution in [0.4, 0.5) is 17.2 Å². The van der Waals surface area contributed by atoms with Crippen molar-refractivity contribution in [1.29, 1.82) is 0 Å². The molecule has 2 heterocycles. The zero-order valence-corrected chi connectivity index (χ0v) is 20.4. The number of hydrogen-bond acceptors (Lipinski definition) is 7. The van der Waals surface area contributed by atoms with Gasteiger partial charge >= 0.3 is 16.0 Å². The van der Waals surface area contributed by atoms with Crippen molar-refractivity contribution in [3.05, 3.63) is 89.2 Å². The number of imide groups is 1. The number of sulfonamides is 1. The monoisotopic (exact) mass is 527 g/mol. The highest BCUT2D eigenvalue weighted by molar-refractivity contribution is 7.92. The predicted molar refractivity (Wildman–Crippen MR) is 132 cm³/mol. The number of hydrogen-bond donors (Lipinski definition) is 2. The molecule has 3 aromatic rings. The van der Waals surface area contributed by atoms with Crippen LogP contribution in [0.2, 0.25) is 0 Å². The number of benzene rings is 2. The second-order valence-corrected chi connectivity index (χ2v) is 9.50. The lowest BCUT2D eigenvalue weighted by Gasteiger charge is -2.16. The highest BCUT2D eigenvalue weighted by Crippen LogP contribution is 2.31. The van der Waals surface area contributed by atoms with E-state index in [1.165, 1.54) is 48.5 Å². The van der Waals surface area contributed by atoms with Gasteiger partial charge in [0.1, 0.15) is 15.6 Å². The van der Waals surface area contributed by atoms with E-state index in [1.807, 2.05) is 0 Å². The van der Waals surface area contributed by atoms with E-state index in [-0.39, 0.29) is 33.5 Å². The number of nitrogens with zero attached hydrogens (tertiary/aromatic N) is 1. The molecule has 1 aromatic heterocycles. The van der Waals surface area contributed by atoms with Gasteiger partial charge in [-0.25, -0.2) is 14.7 Å². The third-order valence-corrected chi connectivity index (χ3v) is 6.76. The largest absolute Gasteiger partial charge is 0.462 e. The van der Waals surface area contributed by atoms with Gasteiger partial charge in [-0.1, -0.05) is 23.7 Å². The van der Waals surface area contributed by atoms with Crippen LogP contribution in [0.1, 0.15) is 17.3 Å². The molecule has 36 heavy (non-hydrogen) atoms. The molecule has 0 fully saturated rings. The zero-order chi connectivity index (χ0) is 25.9. The Morgan fingerprint density at radius 2 is 1.78 bits per heavy atom. The van der Waals surface area contributed by atoms with Gasteiger partial charge in [-0.3, -0.25) is 9.59 Å². The fourth-order valence-electron chi connectivity index (χ4n) is 3.35. The molecule has 184 valence electrons. The molecule has 0 aliphatic carbocycles. The normalized spacial score (nSPS) is 13.7. The van der Waals surface area contributed by atoms with E-state index in [0.717, 1.165) is 4.90 Å². The van der Waals surface area contributed by atoms with Crippen LogP contribution in [0.3, 0.4) is 0 Å². The maximum absolute atomic E-state index is 13.0. The average molecular weight is 528 g/mol. The second-order valence-electron chi connectivity index (χ2n) is 7.44. The molecule has 0 saturated heterocycles. The van der Waals surface area contributed by atoms with Crippen molar-refractivity contribution < 1.29 is 32.5 Å². The van der Waals surface area contributed by atoms with Gasteiger partial charge in [0.05, 0.1) is 24.1 Å².